The molecule has 6 nitrogen and oxygen atoms in total. The zero-order valence-electron chi connectivity index (χ0n) is 16.8. The summed E-state index contributed by atoms with van der Waals surface area (Å²) in [6.07, 6.45) is -3.30. The third-order valence-electron chi connectivity index (χ3n) is 6.26. The lowest BCUT2D eigenvalue weighted by molar-refractivity contribution is -0.171. The van der Waals surface area contributed by atoms with Crippen LogP contribution in [-0.4, -0.2) is 37.0 Å². The van der Waals surface area contributed by atoms with E-state index in [1.165, 1.54) is 19.2 Å². The van der Waals surface area contributed by atoms with Crippen molar-refractivity contribution in [3.05, 3.63) is 60.2 Å². The summed E-state index contributed by atoms with van der Waals surface area (Å²) in [5.74, 6) is -4.72. The highest BCUT2D eigenvalue weighted by molar-refractivity contribution is 6.24. The maximum Gasteiger partial charge on any atom is 0.471 e. The van der Waals surface area contributed by atoms with E-state index in [1.807, 2.05) is 0 Å². The summed E-state index contributed by atoms with van der Waals surface area (Å²) in [7, 11) is 1.43. The van der Waals surface area contributed by atoms with Gasteiger partial charge in [0.1, 0.15) is 5.75 Å². The number of hydrogen-bond donors (Lipinski definition) is 0. The Morgan fingerprint density at radius 2 is 1.78 bits per heavy atom. The van der Waals surface area contributed by atoms with E-state index in [1.54, 1.807) is 42.5 Å². The second kappa shape index (κ2) is 6.94. The molecule has 3 aliphatic rings. The molecule has 0 unspecified atom stereocenters. The van der Waals surface area contributed by atoms with Crippen molar-refractivity contribution < 1.29 is 32.3 Å². The number of allylic oxidation sites excluding steroid dienone is 1. The van der Waals surface area contributed by atoms with Gasteiger partial charge in [0.15, 0.2) is 0 Å². The molecule has 2 aromatic rings. The van der Waals surface area contributed by atoms with Crippen LogP contribution in [0.3, 0.4) is 0 Å². The van der Waals surface area contributed by atoms with Crippen molar-refractivity contribution in [2.75, 3.05) is 16.9 Å². The maximum atomic E-state index is 13.6. The van der Waals surface area contributed by atoms with Crippen molar-refractivity contribution in [3.8, 4) is 5.75 Å². The van der Waals surface area contributed by atoms with E-state index in [0.717, 1.165) is 4.90 Å². The Kier molecular flexibility index (Phi) is 4.40. The number of alkyl halides is 3. The molecule has 0 saturated carbocycles. The van der Waals surface area contributed by atoms with Gasteiger partial charge in [0.2, 0.25) is 11.8 Å². The minimum Gasteiger partial charge on any atom is -0.497 e. The number of carbonyl (C=O) groups is 3. The average Bonchev–Trinajstić information content (AvgIpc) is 3.24. The normalized spacial score (nSPS) is 24.1. The number of methoxy groups -OCH3 is 1. The fourth-order valence-electron chi connectivity index (χ4n) is 4.93. The van der Waals surface area contributed by atoms with E-state index in [4.69, 9.17) is 4.74 Å². The Morgan fingerprint density at radius 1 is 1.06 bits per heavy atom. The zero-order valence-corrected chi connectivity index (χ0v) is 16.8. The molecule has 9 heteroatoms. The topological polar surface area (TPSA) is 66.9 Å². The first-order chi connectivity index (χ1) is 15.2. The molecular weight excluding hydrogens is 425 g/mol. The SMILES string of the molecule is COc1ccc2c(c1)C1=CC[C@@H]3C(=O)N(c4ccccc4)C(=O)[C@@H]3[C@@H]1N2C(=O)C(F)(F)F. The molecule has 1 saturated heterocycles. The molecule has 0 spiro atoms. The van der Waals surface area contributed by atoms with Crippen LogP contribution in [0.2, 0.25) is 0 Å². The summed E-state index contributed by atoms with van der Waals surface area (Å²) in [6.45, 7) is 0. The largest absolute Gasteiger partial charge is 0.497 e. The number of imide groups is 1. The average molecular weight is 442 g/mol. The summed E-state index contributed by atoms with van der Waals surface area (Å²) in [5, 5.41) is 0. The number of carbonyl (C=O) groups excluding carboxylic acids is 3. The second-order valence-corrected chi connectivity index (χ2v) is 7.88. The number of rotatable bonds is 2. The standard InChI is InChI=1S/C23H17F3N2O4/c1-32-13-7-10-17-16(11-13)14-8-9-15-18(19(14)28(17)22(31)23(24,25)26)21(30)27(20(15)29)12-5-3-2-4-6-12/h2-8,10-11,15,18-19H,9H2,1H3/t15-,18-,19+/m0/s1. The molecule has 0 aromatic heterocycles. The Balaban J connectivity index is 1.65. The third kappa shape index (κ3) is 2.77. The fourth-order valence-corrected chi connectivity index (χ4v) is 4.93. The summed E-state index contributed by atoms with van der Waals surface area (Å²) >= 11 is 0. The molecule has 2 aliphatic heterocycles. The summed E-state index contributed by atoms with van der Waals surface area (Å²) in [4.78, 5) is 40.7. The van der Waals surface area contributed by atoms with E-state index in [2.05, 4.69) is 0 Å². The molecule has 1 aliphatic carbocycles. The van der Waals surface area contributed by atoms with Crippen LogP contribution in [0.5, 0.6) is 5.75 Å². The summed E-state index contributed by atoms with van der Waals surface area (Å²) < 4.78 is 45.9. The Labute approximate surface area is 180 Å². The number of amides is 3. The van der Waals surface area contributed by atoms with Crippen LogP contribution in [0.25, 0.3) is 5.57 Å². The van der Waals surface area contributed by atoms with E-state index in [0.29, 0.717) is 27.5 Å². The molecule has 3 atom stereocenters. The van der Waals surface area contributed by atoms with Crippen LogP contribution >= 0.6 is 0 Å². The number of benzene rings is 2. The van der Waals surface area contributed by atoms with Gasteiger partial charge in [0, 0.05) is 5.56 Å². The zero-order chi connectivity index (χ0) is 22.8. The minimum atomic E-state index is -5.15. The van der Waals surface area contributed by atoms with Gasteiger partial charge in [-0.05, 0) is 42.3 Å². The van der Waals surface area contributed by atoms with Gasteiger partial charge < -0.3 is 4.74 Å². The molecular formula is C23H17F3N2O4. The lowest BCUT2D eigenvalue weighted by atomic mass is 9.76. The lowest BCUT2D eigenvalue weighted by Crippen LogP contribution is -2.51. The van der Waals surface area contributed by atoms with Crippen molar-refractivity contribution in [2.24, 2.45) is 11.8 Å². The van der Waals surface area contributed by atoms with Gasteiger partial charge in [-0.1, -0.05) is 24.3 Å². The molecule has 0 N–H and O–H groups in total. The van der Waals surface area contributed by atoms with Crippen molar-refractivity contribution in [2.45, 2.75) is 18.6 Å². The lowest BCUT2D eigenvalue weighted by Gasteiger charge is -2.34. The van der Waals surface area contributed by atoms with Gasteiger partial charge in [0.05, 0.1) is 36.4 Å². The van der Waals surface area contributed by atoms with Gasteiger partial charge in [-0.25, -0.2) is 4.90 Å². The molecule has 0 bridgehead atoms. The Bertz CT molecular complexity index is 1180. The first kappa shape index (κ1) is 20.3. The van der Waals surface area contributed by atoms with Crippen LogP contribution in [0.15, 0.2) is 54.6 Å². The van der Waals surface area contributed by atoms with Gasteiger partial charge in [-0.3, -0.25) is 19.3 Å². The summed E-state index contributed by atoms with van der Waals surface area (Å²) in [6, 6.07) is 11.4. The van der Waals surface area contributed by atoms with Crippen molar-refractivity contribution >= 4 is 34.7 Å². The van der Waals surface area contributed by atoms with Gasteiger partial charge in [-0.15, -0.1) is 0 Å². The number of fused-ring (bicyclic) bond motifs is 5. The molecule has 5 rings (SSSR count). The van der Waals surface area contributed by atoms with Crippen LogP contribution in [-0.2, 0) is 14.4 Å². The third-order valence-corrected chi connectivity index (χ3v) is 6.26. The first-order valence-electron chi connectivity index (χ1n) is 9.95. The molecule has 2 aromatic carbocycles. The number of hydrogen-bond acceptors (Lipinski definition) is 4. The number of halogens is 3. The number of ether oxygens (including phenoxy) is 1. The predicted octanol–water partition coefficient (Wildman–Crippen LogP) is 3.57. The van der Waals surface area contributed by atoms with Crippen LogP contribution in [0.1, 0.15) is 12.0 Å². The van der Waals surface area contributed by atoms with E-state index in [9.17, 15) is 27.6 Å². The Hall–Kier alpha value is -3.62. The highest BCUT2D eigenvalue weighted by atomic mass is 19.4. The highest BCUT2D eigenvalue weighted by Crippen LogP contribution is 2.53. The van der Waals surface area contributed by atoms with Crippen LogP contribution < -0.4 is 14.5 Å². The monoisotopic (exact) mass is 442 g/mol. The number of anilines is 2. The number of nitrogens with zero attached hydrogens (tertiary/aromatic N) is 2. The second-order valence-electron chi connectivity index (χ2n) is 7.88. The Morgan fingerprint density at radius 3 is 2.44 bits per heavy atom. The van der Waals surface area contributed by atoms with Gasteiger partial charge in [0.25, 0.3) is 0 Å². The van der Waals surface area contributed by atoms with Crippen molar-refractivity contribution in [3.63, 3.8) is 0 Å². The molecule has 2 heterocycles. The van der Waals surface area contributed by atoms with Crippen molar-refractivity contribution in [1.29, 1.82) is 0 Å². The van der Waals surface area contributed by atoms with Gasteiger partial charge >= 0.3 is 12.1 Å². The van der Waals surface area contributed by atoms with Gasteiger partial charge in [-0.2, -0.15) is 13.2 Å². The quantitative estimate of drug-likeness (QED) is 0.667. The number of para-hydroxylation sites is 1. The summed E-state index contributed by atoms with van der Waals surface area (Å²) in [5.41, 5.74) is 1.21. The molecule has 164 valence electrons. The molecule has 1 fully saturated rings. The van der Waals surface area contributed by atoms with Crippen molar-refractivity contribution in [1.82, 2.24) is 0 Å². The maximum absolute atomic E-state index is 13.6. The van der Waals surface area contributed by atoms with E-state index >= 15 is 0 Å². The first-order valence-corrected chi connectivity index (χ1v) is 9.95. The molecule has 0 radical (unpaired) electrons. The minimum absolute atomic E-state index is 0.0448. The highest BCUT2D eigenvalue weighted by Gasteiger charge is 2.60. The van der Waals surface area contributed by atoms with Crippen LogP contribution in [0, 0.1) is 11.8 Å². The molecule has 3 amide bonds. The van der Waals surface area contributed by atoms with Crippen LogP contribution in [0.4, 0.5) is 24.5 Å². The smallest absolute Gasteiger partial charge is 0.471 e. The predicted molar refractivity (Wildman–Crippen MR) is 109 cm³/mol. The van der Waals surface area contributed by atoms with E-state index in [-0.39, 0.29) is 12.1 Å². The fraction of sp³-hybridized carbons (Fsp3) is 0.261. The molecule has 32 heavy (non-hydrogen) atoms. The van der Waals surface area contributed by atoms with E-state index < -0.39 is 41.8 Å².